The summed E-state index contributed by atoms with van der Waals surface area (Å²) in [5.41, 5.74) is 1.75. The van der Waals surface area contributed by atoms with Crippen molar-refractivity contribution >= 4 is 23.5 Å². The fraction of sp³-hybridized carbons (Fsp3) is 0.348. The van der Waals surface area contributed by atoms with Crippen molar-refractivity contribution in [3.05, 3.63) is 71.9 Å². The molecule has 1 amide bonds. The minimum atomic E-state index is -0.518. The number of fused-ring (bicyclic) bond motifs is 1. The van der Waals surface area contributed by atoms with Crippen molar-refractivity contribution in [3.8, 4) is 11.1 Å². The van der Waals surface area contributed by atoms with E-state index in [4.69, 9.17) is 11.3 Å². The summed E-state index contributed by atoms with van der Waals surface area (Å²) in [4.78, 5) is 22.2. The second-order valence-corrected chi connectivity index (χ2v) is 9.60. The van der Waals surface area contributed by atoms with E-state index in [-0.39, 0.29) is 0 Å². The first-order valence-corrected chi connectivity index (χ1v) is 11.8. The Hall–Kier alpha value is -3.45. The molecule has 4 heterocycles. The average Bonchev–Trinajstić information content (AvgIpc) is 3.35. The second-order valence-electron chi connectivity index (χ2n) is 8.53. The van der Waals surface area contributed by atoms with Gasteiger partial charge in [0.15, 0.2) is 0 Å². The molecule has 166 valence electrons. The number of aromatic nitrogens is 4. The number of halogens is 1. The van der Waals surface area contributed by atoms with Crippen LogP contribution in [0.2, 0.25) is 0 Å². The molecule has 6 rings (SSSR count). The predicted octanol–water partition coefficient (Wildman–Crippen LogP) is 3.61. The van der Waals surface area contributed by atoms with Gasteiger partial charge in [0.2, 0.25) is 0 Å². The van der Waals surface area contributed by atoms with Gasteiger partial charge in [-0.25, -0.2) is 20.4 Å². The molecule has 0 bridgehead atoms. The Labute approximate surface area is 193 Å². The number of anilines is 1. The summed E-state index contributed by atoms with van der Waals surface area (Å²) in [6.07, 6.45) is 3.98. The number of nitrogens with zero attached hydrogens (tertiary/aromatic N) is 6. The van der Waals surface area contributed by atoms with E-state index in [2.05, 4.69) is 20.1 Å². The van der Waals surface area contributed by atoms with E-state index in [0.29, 0.717) is 41.7 Å². The van der Waals surface area contributed by atoms with Gasteiger partial charge in [0.25, 0.3) is 5.54 Å². The number of cyclic esters (lactones) is 1. The molecule has 8 nitrogen and oxygen atoms in total. The van der Waals surface area contributed by atoms with Gasteiger partial charge in [-0.1, -0.05) is 11.3 Å². The zero-order chi connectivity index (χ0) is 22.6. The second kappa shape index (κ2) is 7.56. The van der Waals surface area contributed by atoms with Gasteiger partial charge in [-0.2, -0.15) is 11.8 Å². The highest BCUT2D eigenvalue weighted by molar-refractivity contribution is 7.99. The molecule has 2 saturated heterocycles. The lowest BCUT2D eigenvalue weighted by Gasteiger charge is -2.15. The van der Waals surface area contributed by atoms with Crippen LogP contribution in [0.25, 0.3) is 16.0 Å². The number of benzene rings is 1. The summed E-state index contributed by atoms with van der Waals surface area (Å²) < 4.78 is 22.0. The molecule has 2 aliphatic heterocycles. The minimum Gasteiger partial charge on any atom is -0.442 e. The summed E-state index contributed by atoms with van der Waals surface area (Å²) in [5, 5.41) is 7.62. The lowest BCUT2D eigenvalue weighted by atomic mass is 10.0. The Morgan fingerprint density at radius 3 is 2.79 bits per heavy atom. The van der Waals surface area contributed by atoms with Crippen LogP contribution < -0.4 is 4.90 Å². The molecule has 1 unspecified atom stereocenters. The van der Waals surface area contributed by atoms with Crippen molar-refractivity contribution in [2.75, 3.05) is 23.0 Å². The molecule has 3 aromatic rings. The molecule has 1 saturated carbocycles. The van der Waals surface area contributed by atoms with E-state index in [9.17, 15) is 4.79 Å². The van der Waals surface area contributed by atoms with Crippen LogP contribution in [0.15, 0.2) is 48.9 Å². The van der Waals surface area contributed by atoms with Gasteiger partial charge in [-0.05, 0) is 24.3 Å². The SMILES string of the molecule is [C-]#[N+]C1(c2ccc(-c3ccc(N4C[C@H](Cn5ccnn5)OC4=O)cc3F)cn2)[C@@H]2CSC[C@@H]21. The number of thioether (sulfide) groups is 1. The number of ether oxygens (including phenoxy) is 1. The first-order valence-electron chi connectivity index (χ1n) is 10.6. The molecule has 2 aromatic heterocycles. The van der Waals surface area contributed by atoms with Gasteiger partial charge in [0.1, 0.15) is 17.6 Å². The van der Waals surface area contributed by atoms with Gasteiger partial charge >= 0.3 is 6.09 Å². The summed E-state index contributed by atoms with van der Waals surface area (Å²) >= 11 is 1.89. The zero-order valence-electron chi connectivity index (χ0n) is 17.5. The predicted molar refractivity (Wildman–Crippen MR) is 120 cm³/mol. The highest BCUT2D eigenvalue weighted by Gasteiger charge is 2.76. The van der Waals surface area contributed by atoms with Gasteiger partial charge in [-0.3, -0.25) is 9.88 Å². The van der Waals surface area contributed by atoms with Crippen molar-refractivity contribution in [2.24, 2.45) is 11.8 Å². The van der Waals surface area contributed by atoms with Crippen molar-refractivity contribution in [3.63, 3.8) is 0 Å². The van der Waals surface area contributed by atoms with Crippen LogP contribution in [0.3, 0.4) is 0 Å². The third-order valence-electron chi connectivity index (χ3n) is 6.77. The van der Waals surface area contributed by atoms with E-state index < -0.39 is 23.6 Å². The van der Waals surface area contributed by atoms with Crippen LogP contribution in [0.4, 0.5) is 14.9 Å². The molecule has 1 aliphatic carbocycles. The summed E-state index contributed by atoms with van der Waals surface area (Å²) in [5.74, 6) is 2.32. The van der Waals surface area contributed by atoms with Crippen molar-refractivity contribution in [1.82, 2.24) is 20.0 Å². The third kappa shape index (κ3) is 3.18. The maximum Gasteiger partial charge on any atom is 0.414 e. The average molecular weight is 463 g/mol. The Kier molecular flexibility index (Phi) is 4.62. The number of carbonyl (C=O) groups is 1. The molecule has 33 heavy (non-hydrogen) atoms. The molecule has 1 aromatic carbocycles. The van der Waals surface area contributed by atoms with Crippen LogP contribution >= 0.6 is 11.8 Å². The Balaban J connectivity index is 1.20. The number of amides is 1. The first-order chi connectivity index (χ1) is 16.1. The zero-order valence-corrected chi connectivity index (χ0v) is 18.3. The van der Waals surface area contributed by atoms with Crippen LogP contribution in [0, 0.1) is 24.2 Å². The largest absolute Gasteiger partial charge is 0.442 e. The smallest absolute Gasteiger partial charge is 0.414 e. The van der Waals surface area contributed by atoms with Crippen molar-refractivity contribution in [1.29, 1.82) is 0 Å². The van der Waals surface area contributed by atoms with Crippen molar-refractivity contribution in [2.45, 2.75) is 18.2 Å². The molecule has 10 heteroatoms. The van der Waals surface area contributed by atoms with Crippen molar-refractivity contribution < 1.29 is 13.9 Å². The molecule has 3 aliphatic rings. The van der Waals surface area contributed by atoms with Crippen LogP contribution in [0.5, 0.6) is 0 Å². The number of hydrogen-bond acceptors (Lipinski definition) is 6. The summed E-state index contributed by atoms with van der Waals surface area (Å²) in [6, 6.07) is 8.37. The Bertz CT molecular complexity index is 1250. The monoisotopic (exact) mass is 462 g/mol. The Morgan fingerprint density at radius 1 is 1.27 bits per heavy atom. The molecular weight excluding hydrogens is 443 g/mol. The quantitative estimate of drug-likeness (QED) is 0.539. The fourth-order valence-electron chi connectivity index (χ4n) is 5.00. The van der Waals surface area contributed by atoms with Crippen LogP contribution in [-0.4, -0.2) is 50.2 Å². The molecule has 0 spiro atoms. The standard InChI is InChI=1S/C23H19FN6O2S/c1-25-23(18-12-33-13-19(18)23)21-5-2-14(9-26-21)17-4-3-15(8-20(17)24)30-11-16(32-22(30)31)10-29-7-6-27-28-29/h2-9,16,18-19H,10-13H2/t16-,18-,19+,23?/m0/s1. The van der Waals surface area contributed by atoms with Crippen LogP contribution in [0.1, 0.15) is 5.69 Å². The normalized spacial score (nSPS) is 27.8. The molecule has 3 fully saturated rings. The number of pyridine rings is 1. The highest BCUT2D eigenvalue weighted by atomic mass is 32.2. The summed E-state index contributed by atoms with van der Waals surface area (Å²) in [6.45, 7) is 8.39. The highest BCUT2D eigenvalue weighted by Crippen LogP contribution is 2.66. The van der Waals surface area contributed by atoms with Gasteiger partial charge in [-0.15, -0.1) is 5.10 Å². The fourth-order valence-corrected chi connectivity index (χ4v) is 6.61. The molecule has 4 atom stereocenters. The summed E-state index contributed by atoms with van der Waals surface area (Å²) in [7, 11) is 0. The van der Waals surface area contributed by atoms with E-state index >= 15 is 4.39 Å². The van der Waals surface area contributed by atoms with Gasteiger partial charge < -0.3 is 9.58 Å². The van der Waals surface area contributed by atoms with E-state index in [1.165, 1.54) is 11.0 Å². The lowest BCUT2D eigenvalue weighted by Crippen LogP contribution is -2.26. The molecule has 0 radical (unpaired) electrons. The minimum absolute atomic E-state index is 0.299. The van der Waals surface area contributed by atoms with E-state index in [1.54, 1.807) is 35.4 Å². The molecule has 0 N–H and O–H groups in total. The van der Waals surface area contributed by atoms with E-state index in [0.717, 1.165) is 17.2 Å². The maximum absolute atomic E-state index is 15.0. The number of hydrogen-bond donors (Lipinski definition) is 0. The number of carbonyl (C=O) groups excluding carboxylic acids is 1. The topological polar surface area (TPSA) is 77.5 Å². The lowest BCUT2D eigenvalue weighted by molar-refractivity contribution is 0.129. The van der Waals surface area contributed by atoms with Gasteiger partial charge in [0.05, 0.1) is 36.8 Å². The van der Waals surface area contributed by atoms with Crippen LogP contribution in [-0.2, 0) is 16.8 Å². The van der Waals surface area contributed by atoms with Gasteiger partial charge in [0, 0.05) is 35.0 Å². The number of rotatable bonds is 5. The first kappa shape index (κ1) is 20.2. The third-order valence-corrected chi connectivity index (χ3v) is 7.96. The molecular formula is C23H19FN6O2S. The Morgan fingerprint density at radius 2 is 2.12 bits per heavy atom. The van der Waals surface area contributed by atoms with E-state index in [1.807, 2.05) is 23.9 Å². The maximum atomic E-state index is 15.0.